The number of nitrogens with two attached hydrogens (primary N) is 1. The maximum Gasteiger partial charge on any atom is 0.318 e. The minimum atomic E-state index is -0.661. The van der Waals surface area contributed by atoms with E-state index in [1.54, 1.807) is 18.2 Å². The van der Waals surface area contributed by atoms with Crippen LogP contribution in [-0.4, -0.2) is 39.1 Å². The van der Waals surface area contributed by atoms with Gasteiger partial charge >= 0.3 is 6.01 Å². The first-order valence-electron chi connectivity index (χ1n) is 9.02. The smallest absolute Gasteiger partial charge is 0.318 e. The predicted molar refractivity (Wildman–Crippen MR) is 106 cm³/mol. The fourth-order valence-electron chi connectivity index (χ4n) is 2.97. The molecule has 8 nitrogen and oxygen atoms in total. The van der Waals surface area contributed by atoms with Crippen LogP contribution in [0, 0.1) is 5.82 Å². The third-order valence-electron chi connectivity index (χ3n) is 4.47. The van der Waals surface area contributed by atoms with Crippen LogP contribution < -0.4 is 20.1 Å². The van der Waals surface area contributed by atoms with Gasteiger partial charge in [0.25, 0.3) is 0 Å². The summed E-state index contributed by atoms with van der Waals surface area (Å²) in [5.41, 5.74) is 5.45. The van der Waals surface area contributed by atoms with E-state index in [0.29, 0.717) is 29.7 Å². The van der Waals surface area contributed by atoms with Crippen molar-refractivity contribution in [3.05, 3.63) is 53.7 Å². The van der Waals surface area contributed by atoms with E-state index in [-0.39, 0.29) is 17.9 Å². The molecule has 0 unspecified atom stereocenters. The summed E-state index contributed by atoms with van der Waals surface area (Å²) in [7, 11) is 0. The monoisotopic (exact) mass is 416 g/mol. The predicted octanol–water partition coefficient (Wildman–Crippen LogP) is 3.48. The molecule has 0 saturated carbocycles. The molecule has 1 saturated heterocycles. The topological polar surface area (TPSA) is 99.3 Å². The van der Waals surface area contributed by atoms with Crippen LogP contribution in [0.3, 0.4) is 0 Å². The zero-order valence-corrected chi connectivity index (χ0v) is 16.1. The molecule has 2 aromatic heterocycles. The fourth-order valence-corrected chi connectivity index (χ4v) is 3.15. The van der Waals surface area contributed by atoms with Gasteiger partial charge in [-0.3, -0.25) is 0 Å². The van der Waals surface area contributed by atoms with E-state index in [2.05, 4.69) is 24.8 Å². The van der Waals surface area contributed by atoms with Crippen LogP contribution in [-0.2, 0) is 0 Å². The van der Waals surface area contributed by atoms with Gasteiger partial charge in [0.1, 0.15) is 24.0 Å². The second-order valence-electron chi connectivity index (χ2n) is 6.44. The summed E-state index contributed by atoms with van der Waals surface area (Å²) < 4.78 is 24.7. The molecule has 0 aliphatic carbocycles. The van der Waals surface area contributed by atoms with E-state index in [1.165, 1.54) is 6.33 Å². The SMILES string of the molecule is Nc1nc(OC2CCN(c3cc(Oc4ccccc4Cl)ncn3)CC2)ncc1F. The summed E-state index contributed by atoms with van der Waals surface area (Å²) in [6, 6.07) is 9.05. The molecule has 1 aromatic carbocycles. The Balaban J connectivity index is 1.37. The number of halogens is 2. The van der Waals surface area contributed by atoms with Crippen molar-refractivity contribution >= 4 is 23.2 Å². The molecule has 0 radical (unpaired) electrons. The van der Waals surface area contributed by atoms with Crippen molar-refractivity contribution in [1.29, 1.82) is 0 Å². The summed E-state index contributed by atoms with van der Waals surface area (Å²) in [5.74, 6) is 0.814. The molecule has 0 spiro atoms. The normalized spacial score (nSPS) is 14.6. The number of nitrogen functional groups attached to an aromatic ring is 1. The number of rotatable bonds is 5. The number of piperidine rings is 1. The molecule has 3 aromatic rings. The van der Waals surface area contributed by atoms with Gasteiger partial charge in [-0.05, 0) is 12.1 Å². The average molecular weight is 417 g/mol. The summed E-state index contributed by atoms with van der Waals surface area (Å²) in [6.07, 6.45) is 3.83. The van der Waals surface area contributed by atoms with Crippen LogP contribution in [0.5, 0.6) is 17.6 Å². The first-order valence-corrected chi connectivity index (χ1v) is 9.40. The zero-order valence-electron chi connectivity index (χ0n) is 15.3. The minimum Gasteiger partial charge on any atom is -0.460 e. The van der Waals surface area contributed by atoms with Gasteiger partial charge < -0.3 is 20.1 Å². The molecular formula is C19H18ClFN6O2. The number of para-hydroxylation sites is 1. The Morgan fingerprint density at radius 2 is 1.93 bits per heavy atom. The molecule has 4 rings (SSSR count). The number of nitrogens with zero attached hydrogens (tertiary/aromatic N) is 5. The van der Waals surface area contributed by atoms with Gasteiger partial charge in [0.15, 0.2) is 11.6 Å². The fraction of sp³-hybridized carbons (Fsp3) is 0.263. The lowest BCUT2D eigenvalue weighted by molar-refractivity contribution is 0.156. The number of benzene rings is 1. The lowest BCUT2D eigenvalue weighted by Gasteiger charge is -2.32. The second kappa shape index (κ2) is 8.44. The van der Waals surface area contributed by atoms with Crippen LogP contribution >= 0.6 is 11.6 Å². The molecule has 29 heavy (non-hydrogen) atoms. The van der Waals surface area contributed by atoms with Gasteiger partial charge in [0, 0.05) is 32.0 Å². The summed E-state index contributed by atoms with van der Waals surface area (Å²) in [6.45, 7) is 1.42. The van der Waals surface area contributed by atoms with Crippen molar-refractivity contribution in [1.82, 2.24) is 19.9 Å². The first-order chi connectivity index (χ1) is 14.1. The van der Waals surface area contributed by atoms with Crippen molar-refractivity contribution in [2.75, 3.05) is 23.7 Å². The molecule has 10 heteroatoms. The van der Waals surface area contributed by atoms with E-state index in [4.69, 9.17) is 26.8 Å². The molecule has 1 aliphatic heterocycles. The van der Waals surface area contributed by atoms with Crippen molar-refractivity contribution in [3.8, 4) is 17.6 Å². The van der Waals surface area contributed by atoms with Gasteiger partial charge in [0.05, 0.1) is 11.2 Å². The molecular weight excluding hydrogens is 399 g/mol. The highest BCUT2D eigenvalue weighted by molar-refractivity contribution is 6.32. The Bertz CT molecular complexity index is 1000. The van der Waals surface area contributed by atoms with Gasteiger partial charge in [0.2, 0.25) is 5.88 Å². The van der Waals surface area contributed by atoms with Crippen molar-refractivity contribution in [3.63, 3.8) is 0 Å². The third kappa shape index (κ3) is 4.62. The molecule has 0 bridgehead atoms. The highest BCUT2D eigenvalue weighted by Gasteiger charge is 2.23. The van der Waals surface area contributed by atoms with E-state index >= 15 is 0 Å². The first kappa shape index (κ1) is 19.1. The van der Waals surface area contributed by atoms with Gasteiger partial charge in [-0.15, -0.1) is 0 Å². The number of hydrogen-bond donors (Lipinski definition) is 1. The maximum atomic E-state index is 13.2. The lowest BCUT2D eigenvalue weighted by atomic mass is 10.1. The minimum absolute atomic E-state index is 0.0832. The van der Waals surface area contributed by atoms with Crippen LogP contribution in [0.15, 0.2) is 42.9 Å². The molecule has 0 atom stereocenters. The summed E-state index contributed by atoms with van der Waals surface area (Å²) in [4.78, 5) is 18.2. The third-order valence-corrected chi connectivity index (χ3v) is 4.78. The van der Waals surface area contributed by atoms with E-state index in [1.807, 2.05) is 12.1 Å². The van der Waals surface area contributed by atoms with Crippen LogP contribution in [0.1, 0.15) is 12.8 Å². The Kier molecular flexibility index (Phi) is 5.57. The lowest BCUT2D eigenvalue weighted by Crippen LogP contribution is -2.39. The molecule has 150 valence electrons. The Labute approximate surface area is 171 Å². The molecule has 3 heterocycles. The van der Waals surface area contributed by atoms with Gasteiger partial charge in [-0.2, -0.15) is 4.98 Å². The largest absolute Gasteiger partial charge is 0.460 e. The van der Waals surface area contributed by atoms with Crippen LogP contribution in [0.2, 0.25) is 5.02 Å². The molecule has 2 N–H and O–H groups in total. The van der Waals surface area contributed by atoms with Crippen LogP contribution in [0.25, 0.3) is 0 Å². The van der Waals surface area contributed by atoms with Crippen molar-refractivity contribution < 1.29 is 13.9 Å². The highest BCUT2D eigenvalue weighted by Crippen LogP contribution is 2.29. The average Bonchev–Trinajstić information content (AvgIpc) is 2.73. The summed E-state index contributed by atoms with van der Waals surface area (Å²) in [5, 5.41) is 0.509. The van der Waals surface area contributed by atoms with E-state index in [0.717, 1.165) is 24.9 Å². The number of hydrogen-bond acceptors (Lipinski definition) is 8. The molecule has 1 aliphatic rings. The summed E-state index contributed by atoms with van der Waals surface area (Å²) >= 11 is 6.13. The zero-order chi connectivity index (χ0) is 20.2. The van der Waals surface area contributed by atoms with Gasteiger partial charge in [-0.25, -0.2) is 19.3 Å². The Morgan fingerprint density at radius 3 is 2.69 bits per heavy atom. The van der Waals surface area contributed by atoms with Crippen molar-refractivity contribution in [2.45, 2.75) is 18.9 Å². The Hall–Kier alpha value is -3.20. The quantitative estimate of drug-likeness (QED) is 0.674. The maximum absolute atomic E-state index is 13.2. The number of ether oxygens (including phenoxy) is 2. The van der Waals surface area contributed by atoms with Crippen molar-refractivity contribution in [2.24, 2.45) is 0 Å². The Morgan fingerprint density at radius 1 is 1.14 bits per heavy atom. The standard InChI is InChI=1S/C19H18ClFN6O2/c20-13-3-1-2-4-15(13)29-17-9-16(24-11-25-17)27-7-5-12(6-8-27)28-19-23-10-14(21)18(22)26-19/h1-4,9-12H,5-8H2,(H2,22,23,26). The number of anilines is 2. The van der Waals surface area contributed by atoms with Gasteiger partial charge in [-0.1, -0.05) is 23.7 Å². The highest BCUT2D eigenvalue weighted by atomic mass is 35.5. The van der Waals surface area contributed by atoms with E-state index in [9.17, 15) is 4.39 Å². The molecule has 1 fully saturated rings. The molecule has 0 amide bonds. The second-order valence-corrected chi connectivity index (χ2v) is 6.84. The van der Waals surface area contributed by atoms with Crippen LogP contribution in [0.4, 0.5) is 16.0 Å². The number of aromatic nitrogens is 4. The van der Waals surface area contributed by atoms with E-state index < -0.39 is 5.82 Å².